The van der Waals surface area contributed by atoms with Crippen LogP contribution in [0.2, 0.25) is 0 Å². The van der Waals surface area contributed by atoms with Crippen molar-refractivity contribution in [2.45, 2.75) is 46.6 Å². The van der Waals surface area contributed by atoms with Gasteiger partial charge in [-0.1, -0.05) is 26.8 Å². The zero-order chi connectivity index (χ0) is 15.6. The van der Waals surface area contributed by atoms with E-state index in [1.165, 1.54) is 41.7 Å². The highest BCUT2D eigenvalue weighted by atomic mass is 79.9. The smallest absolute Gasteiger partial charge is 0.0510 e. The summed E-state index contributed by atoms with van der Waals surface area (Å²) >= 11 is 3.77. The van der Waals surface area contributed by atoms with Gasteiger partial charge in [0.05, 0.1) is 5.69 Å². The van der Waals surface area contributed by atoms with Crippen molar-refractivity contribution in [2.75, 3.05) is 25.0 Å². The van der Waals surface area contributed by atoms with Gasteiger partial charge >= 0.3 is 0 Å². The van der Waals surface area contributed by atoms with Gasteiger partial charge in [-0.15, -0.1) is 0 Å². The average Bonchev–Trinajstić information content (AvgIpc) is 2.45. The van der Waals surface area contributed by atoms with E-state index in [4.69, 9.17) is 0 Å². The Balaban J connectivity index is 2.07. The normalized spacial score (nSPS) is 18.9. The van der Waals surface area contributed by atoms with Crippen molar-refractivity contribution in [1.82, 2.24) is 5.32 Å². The fraction of sp³-hybridized carbons (Fsp3) is 0.667. The highest BCUT2D eigenvalue weighted by Gasteiger charge is 2.29. The summed E-state index contributed by atoms with van der Waals surface area (Å²) in [6.07, 6.45) is 2.59. The Morgan fingerprint density at radius 1 is 1.24 bits per heavy atom. The molecule has 1 atom stereocenters. The van der Waals surface area contributed by atoms with Crippen molar-refractivity contribution in [1.29, 1.82) is 0 Å². The lowest BCUT2D eigenvalue weighted by atomic mass is 9.75. The zero-order valence-electron chi connectivity index (χ0n) is 14.0. The number of rotatable bonds is 3. The highest BCUT2D eigenvalue weighted by Crippen LogP contribution is 2.37. The minimum atomic E-state index is 0.391. The fourth-order valence-corrected chi connectivity index (χ4v) is 3.85. The van der Waals surface area contributed by atoms with Crippen LogP contribution in [-0.2, 0) is 0 Å². The predicted molar refractivity (Wildman–Crippen MR) is 96.0 cm³/mol. The molecule has 1 aliphatic rings. The Hall–Kier alpha value is -0.540. The van der Waals surface area contributed by atoms with E-state index in [-0.39, 0.29) is 0 Å². The van der Waals surface area contributed by atoms with E-state index in [1.54, 1.807) is 0 Å². The lowest BCUT2D eigenvalue weighted by molar-refractivity contribution is 0.199. The number of halogens is 1. The first kappa shape index (κ1) is 16.8. The predicted octanol–water partition coefficient (Wildman–Crippen LogP) is 4.99. The topological polar surface area (TPSA) is 15.3 Å². The molecule has 2 nitrogen and oxygen atoms in total. The summed E-state index contributed by atoms with van der Waals surface area (Å²) in [7, 11) is 2.00. The molecule has 1 aliphatic heterocycles. The summed E-state index contributed by atoms with van der Waals surface area (Å²) in [5.41, 5.74) is 3.11. The summed E-state index contributed by atoms with van der Waals surface area (Å²) in [6.45, 7) is 11.6. The Labute approximate surface area is 138 Å². The first-order valence-electron chi connectivity index (χ1n) is 8.04. The van der Waals surface area contributed by atoms with Crippen LogP contribution in [0.1, 0.15) is 52.1 Å². The molecule has 1 N–H and O–H groups in total. The second kappa shape index (κ2) is 6.70. The first-order valence-corrected chi connectivity index (χ1v) is 8.84. The Morgan fingerprint density at radius 2 is 1.86 bits per heavy atom. The molecule has 1 saturated heterocycles. The summed E-state index contributed by atoms with van der Waals surface area (Å²) < 4.78 is 1.22. The molecule has 2 rings (SSSR count). The van der Waals surface area contributed by atoms with Crippen LogP contribution in [0.4, 0.5) is 5.69 Å². The molecule has 1 unspecified atom stereocenters. The van der Waals surface area contributed by atoms with Crippen molar-refractivity contribution in [3.63, 3.8) is 0 Å². The van der Waals surface area contributed by atoms with Gasteiger partial charge in [0.2, 0.25) is 0 Å². The second-order valence-corrected chi connectivity index (χ2v) is 8.20. The molecule has 21 heavy (non-hydrogen) atoms. The summed E-state index contributed by atoms with van der Waals surface area (Å²) in [6, 6.07) is 7.16. The van der Waals surface area contributed by atoms with Gasteiger partial charge in [0, 0.05) is 23.6 Å². The van der Waals surface area contributed by atoms with Crippen molar-refractivity contribution in [3.05, 3.63) is 28.2 Å². The molecule has 1 aromatic rings. The van der Waals surface area contributed by atoms with Gasteiger partial charge in [-0.3, -0.25) is 0 Å². The van der Waals surface area contributed by atoms with Crippen LogP contribution in [0.3, 0.4) is 0 Å². The molecule has 3 heteroatoms. The maximum Gasteiger partial charge on any atom is 0.0510 e. The molecule has 0 radical (unpaired) electrons. The molecule has 0 aromatic heterocycles. The number of nitrogens with zero attached hydrogens (tertiary/aromatic N) is 1. The van der Waals surface area contributed by atoms with E-state index in [2.05, 4.69) is 72.0 Å². The lowest BCUT2D eigenvalue weighted by Gasteiger charge is -2.40. The Kier molecular flexibility index (Phi) is 5.37. The van der Waals surface area contributed by atoms with Gasteiger partial charge in [-0.25, -0.2) is 0 Å². The largest absolute Gasteiger partial charge is 0.371 e. The monoisotopic (exact) mass is 352 g/mol. The molecule has 1 fully saturated rings. The van der Waals surface area contributed by atoms with Crippen molar-refractivity contribution in [2.24, 2.45) is 11.3 Å². The highest BCUT2D eigenvalue weighted by molar-refractivity contribution is 9.10. The van der Waals surface area contributed by atoms with Crippen LogP contribution in [0.25, 0.3) is 0 Å². The number of benzene rings is 1. The molecular formula is C18H29BrN2. The maximum atomic E-state index is 3.77. The number of piperidine rings is 1. The van der Waals surface area contributed by atoms with Crippen LogP contribution in [0.15, 0.2) is 22.7 Å². The minimum absolute atomic E-state index is 0.391. The Morgan fingerprint density at radius 3 is 2.33 bits per heavy atom. The molecule has 0 amide bonds. The van der Waals surface area contributed by atoms with E-state index in [0.717, 1.165) is 5.92 Å². The number of hydrogen-bond acceptors (Lipinski definition) is 2. The molecule has 0 spiro atoms. The summed E-state index contributed by atoms with van der Waals surface area (Å²) in [5, 5.41) is 3.30. The van der Waals surface area contributed by atoms with Gasteiger partial charge in [0.1, 0.15) is 0 Å². The van der Waals surface area contributed by atoms with Gasteiger partial charge in [-0.2, -0.15) is 0 Å². The van der Waals surface area contributed by atoms with Crippen LogP contribution >= 0.6 is 15.9 Å². The quantitative estimate of drug-likeness (QED) is 0.823. The van der Waals surface area contributed by atoms with Crippen LogP contribution in [-0.4, -0.2) is 20.1 Å². The molecule has 1 heterocycles. The van der Waals surface area contributed by atoms with Crippen molar-refractivity contribution < 1.29 is 0 Å². The molecule has 0 saturated carbocycles. The SMILES string of the molecule is CNC(C)c1ccc(N2CCC(C(C)(C)C)CC2)c(Br)c1. The van der Waals surface area contributed by atoms with E-state index < -0.39 is 0 Å². The van der Waals surface area contributed by atoms with Gasteiger partial charge in [0.15, 0.2) is 0 Å². The van der Waals surface area contributed by atoms with Crippen LogP contribution in [0.5, 0.6) is 0 Å². The molecular weight excluding hydrogens is 324 g/mol. The van der Waals surface area contributed by atoms with Gasteiger partial charge < -0.3 is 10.2 Å². The summed E-state index contributed by atoms with van der Waals surface area (Å²) in [5.74, 6) is 0.844. The minimum Gasteiger partial charge on any atom is -0.371 e. The maximum absolute atomic E-state index is 3.77. The van der Waals surface area contributed by atoms with Crippen LogP contribution in [0, 0.1) is 11.3 Å². The number of hydrogen-bond donors (Lipinski definition) is 1. The second-order valence-electron chi connectivity index (χ2n) is 7.35. The van der Waals surface area contributed by atoms with Gasteiger partial charge in [0.25, 0.3) is 0 Å². The number of anilines is 1. The summed E-state index contributed by atoms with van der Waals surface area (Å²) in [4.78, 5) is 2.53. The molecule has 118 valence electrons. The van der Waals surface area contributed by atoms with E-state index in [1.807, 2.05) is 7.05 Å². The lowest BCUT2D eigenvalue weighted by Crippen LogP contribution is -2.38. The average molecular weight is 353 g/mol. The van der Waals surface area contributed by atoms with E-state index in [9.17, 15) is 0 Å². The first-order chi connectivity index (χ1) is 9.82. The van der Waals surface area contributed by atoms with Crippen molar-refractivity contribution >= 4 is 21.6 Å². The molecule has 0 bridgehead atoms. The number of nitrogens with one attached hydrogen (secondary N) is 1. The fourth-order valence-electron chi connectivity index (χ4n) is 3.20. The molecule has 0 aliphatic carbocycles. The zero-order valence-corrected chi connectivity index (χ0v) is 15.6. The third kappa shape index (κ3) is 4.01. The molecule has 1 aromatic carbocycles. The van der Waals surface area contributed by atoms with Crippen molar-refractivity contribution in [3.8, 4) is 0 Å². The van der Waals surface area contributed by atoms with Gasteiger partial charge in [-0.05, 0) is 71.8 Å². The Bertz CT molecular complexity index is 471. The third-order valence-electron chi connectivity index (χ3n) is 4.97. The standard InChI is InChI=1S/C18H29BrN2/c1-13(20-5)14-6-7-17(16(19)12-14)21-10-8-15(9-11-21)18(2,3)4/h6-7,12-13,15,20H,8-11H2,1-5H3. The van der Waals surface area contributed by atoms with E-state index in [0.29, 0.717) is 11.5 Å². The van der Waals surface area contributed by atoms with Crippen LogP contribution < -0.4 is 10.2 Å². The van der Waals surface area contributed by atoms with E-state index >= 15 is 0 Å². The third-order valence-corrected chi connectivity index (χ3v) is 5.60.